The van der Waals surface area contributed by atoms with Crippen molar-refractivity contribution in [2.75, 3.05) is 31.2 Å². The molecule has 0 fully saturated rings. The number of nitrogens with one attached hydrogen (secondary N) is 2. The third kappa shape index (κ3) is 4.13. The predicted octanol–water partition coefficient (Wildman–Crippen LogP) is 0.389. The van der Waals surface area contributed by atoms with Crippen molar-refractivity contribution in [3.63, 3.8) is 0 Å². The highest BCUT2D eigenvalue weighted by Gasteiger charge is 2.14. The summed E-state index contributed by atoms with van der Waals surface area (Å²) in [6.45, 7) is 2.38. The van der Waals surface area contributed by atoms with Gasteiger partial charge in [-0.2, -0.15) is 0 Å². The summed E-state index contributed by atoms with van der Waals surface area (Å²) in [6, 6.07) is 1.50. The molecule has 1 aromatic heterocycles. The van der Waals surface area contributed by atoms with E-state index < -0.39 is 5.97 Å². The second kappa shape index (κ2) is 7.20. The molecule has 0 atom stereocenters. The number of pyridine rings is 1. The van der Waals surface area contributed by atoms with Gasteiger partial charge >= 0.3 is 5.97 Å². The lowest BCUT2D eigenvalue weighted by Crippen LogP contribution is -2.21. The van der Waals surface area contributed by atoms with Crippen LogP contribution in [0.25, 0.3) is 0 Å². The molecule has 1 rings (SSSR count). The quantitative estimate of drug-likeness (QED) is 0.643. The molecule has 104 valence electrons. The Morgan fingerprint density at radius 3 is 2.84 bits per heavy atom. The summed E-state index contributed by atoms with van der Waals surface area (Å²) >= 11 is 0. The first-order valence-corrected chi connectivity index (χ1v) is 5.96. The number of hydrogen-bond donors (Lipinski definition) is 3. The Morgan fingerprint density at radius 2 is 2.21 bits per heavy atom. The van der Waals surface area contributed by atoms with E-state index in [1.807, 2.05) is 0 Å². The van der Waals surface area contributed by atoms with Crippen LogP contribution in [0.3, 0.4) is 0 Å². The van der Waals surface area contributed by atoms with Gasteiger partial charge in [0.1, 0.15) is 5.82 Å². The van der Waals surface area contributed by atoms with E-state index in [0.717, 1.165) is 0 Å². The molecule has 0 aromatic carbocycles. The van der Waals surface area contributed by atoms with Gasteiger partial charge in [-0.15, -0.1) is 0 Å². The molecule has 0 aliphatic carbocycles. The molecule has 0 aliphatic heterocycles. The number of aromatic nitrogens is 1. The van der Waals surface area contributed by atoms with Crippen LogP contribution in [0.15, 0.2) is 12.3 Å². The molecular formula is C12H18N4O3. The SMILES string of the molecule is CCOC(=O)c1ccnc(NCCC(=O)NC)c1N. The molecule has 1 heterocycles. The number of hydrogen-bond acceptors (Lipinski definition) is 6. The van der Waals surface area contributed by atoms with E-state index in [-0.39, 0.29) is 23.8 Å². The van der Waals surface area contributed by atoms with Gasteiger partial charge in [0.05, 0.1) is 17.9 Å². The minimum Gasteiger partial charge on any atom is -0.462 e. The van der Waals surface area contributed by atoms with Crippen LogP contribution < -0.4 is 16.4 Å². The molecule has 19 heavy (non-hydrogen) atoms. The maximum atomic E-state index is 11.6. The monoisotopic (exact) mass is 266 g/mol. The van der Waals surface area contributed by atoms with Crippen LogP contribution in [0.2, 0.25) is 0 Å². The van der Waals surface area contributed by atoms with Crippen LogP contribution in [0.4, 0.5) is 11.5 Å². The van der Waals surface area contributed by atoms with Crippen molar-refractivity contribution in [1.29, 1.82) is 0 Å². The standard InChI is InChI=1S/C12H18N4O3/c1-3-19-12(18)8-4-6-15-11(10(8)13)16-7-5-9(17)14-2/h4,6H,3,5,7,13H2,1-2H3,(H,14,17)(H,15,16). The van der Waals surface area contributed by atoms with E-state index in [4.69, 9.17) is 10.5 Å². The first-order chi connectivity index (χ1) is 9.10. The van der Waals surface area contributed by atoms with Gasteiger partial charge in [0.2, 0.25) is 5.91 Å². The molecule has 0 unspecified atom stereocenters. The maximum Gasteiger partial charge on any atom is 0.340 e. The summed E-state index contributed by atoms with van der Waals surface area (Å²) in [7, 11) is 1.57. The van der Waals surface area contributed by atoms with Gasteiger partial charge in [-0.05, 0) is 13.0 Å². The maximum absolute atomic E-state index is 11.6. The fourth-order valence-electron chi connectivity index (χ4n) is 1.42. The van der Waals surface area contributed by atoms with Crippen molar-refractivity contribution in [3.8, 4) is 0 Å². The molecule has 0 aliphatic rings. The lowest BCUT2D eigenvalue weighted by molar-refractivity contribution is -0.120. The highest BCUT2D eigenvalue weighted by molar-refractivity contribution is 5.97. The molecule has 1 aromatic rings. The van der Waals surface area contributed by atoms with Crippen LogP contribution in [0.1, 0.15) is 23.7 Å². The van der Waals surface area contributed by atoms with Crippen molar-refractivity contribution < 1.29 is 14.3 Å². The number of nitrogens with zero attached hydrogens (tertiary/aromatic N) is 1. The number of amides is 1. The first kappa shape index (κ1) is 14.7. The third-order valence-corrected chi connectivity index (χ3v) is 2.41. The molecule has 0 radical (unpaired) electrons. The number of esters is 1. The van der Waals surface area contributed by atoms with E-state index in [1.165, 1.54) is 12.3 Å². The number of nitrogen functional groups attached to an aromatic ring is 1. The number of carbonyl (C=O) groups is 2. The Morgan fingerprint density at radius 1 is 1.47 bits per heavy atom. The molecule has 4 N–H and O–H groups in total. The van der Waals surface area contributed by atoms with Crippen molar-refractivity contribution in [2.45, 2.75) is 13.3 Å². The Bertz CT molecular complexity index is 462. The molecule has 0 bridgehead atoms. The second-order valence-corrected chi connectivity index (χ2v) is 3.69. The van der Waals surface area contributed by atoms with Gasteiger partial charge in [-0.25, -0.2) is 9.78 Å². The number of anilines is 2. The fourth-order valence-corrected chi connectivity index (χ4v) is 1.42. The van der Waals surface area contributed by atoms with Crippen LogP contribution >= 0.6 is 0 Å². The molecule has 1 amide bonds. The van der Waals surface area contributed by atoms with Gasteiger partial charge in [-0.1, -0.05) is 0 Å². The van der Waals surface area contributed by atoms with Crippen molar-refractivity contribution in [3.05, 3.63) is 17.8 Å². The Hall–Kier alpha value is -2.31. The summed E-state index contributed by atoms with van der Waals surface area (Å²) in [5.74, 6) is -0.209. The van der Waals surface area contributed by atoms with E-state index in [1.54, 1.807) is 14.0 Å². The second-order valence-electron chi connectivity index (χ2n) is 3.69. The Labute approximate surface area is 111 Å². The lowest BCUT2D eigenvalue weighted by Gasteiger charge is -2.10. The van der Waals surface area contributed by atoms with Crippen molar-refractivity contribution in [2.24, 2.45) is 0 Å². The van der Waals surface area contributed by atoms with Gasteiger partial charge < -0.3 is 21.1 Å². The van der Waals surface area contributed by atoms with Gasteiger partial charge in [-0.3, -0.25) is 4.79 Å². The van der Waals surface area contributed by atoms with E-state index in [9.17, 15) is 9.59 Å². The van der Waals surface area contributed by atoms with Crippen LogP contribution in [0.5, 0.6) is 0 Å². The van der Waals surface area contributed by atoms with Crippen LogP contribution in [-0.4, -0.2) is 37.1 Å². The largest absolute Gasteiger partial charge is 0.462 e. The summed E-state index contributed by atoms with van der Waals surface area (Å²) in [5, 5.41) is 5.42. The molecule has 7 nitrogen and oxygen atoms in total. The highest BCUT2D eigenvalue weighted by Crippen LogP contribution is 2.20. The Kier molecular flexibility index (Phi) is 5.59. The smallest absolute Gasteiger partial charge is 0.340 e. The fraction of sp³-hybridized carbons (Fsp3) is 0.417. The van der Waals surface area contributed by atoms with Gasteiger partial charge in [0.15, 0.2) is 0 Å². The lowest BCUT2D eigenvalue weighted by atomic mass is 10.2. The summed E-state index contributed by atoms with van der Waals surface area (Å²) in [5.41, 5.74) is 6.32. The molecule has 0 spiro atoms. The normalized spacial score (nSPS) is 9.79. The average Bonchev–Trinajstić information content (AvgIpc) is 2.40. The topological polar surface area (TPSA) is 106 Å². The van der Waals surface area contributed by atoms with Crippen molar-refractivity contribution in [1.82, 2.24) is 10.3 Å². The van der Waals surface area contributed by atoms with Gasteiger partial charge in [0.25, 0.3) is 0 Å². The van der Waals surface area contributed by atoms with E-state index >= 15 is 0 Å². The minimum absolute atomic E-state index is 0.0902. The number of carbonyl (C=O) groups excluding carboxylic acids is 2. The Balaban J connectivity index is 2.72. The zero-order chi connectivity index (χ0) is 14.3. The summed E-state index contributed by atoms with van der Waals surface area (Å²) in [4.78, 5) is 26.7. The van der Waals surface area contributed by atoms with Gasteiger partial charge in [0, 0.05) is 26.2 Å². The number of rotatable bonds is 6. The summed E-state index contributed by atoms with van der Waals surface area (Å²) < 4.78 is 4.89. The first-order valence-electron chi connectivity index (χ1n) is 5.96. The average molecular weight is 266 g/mol. The molecule has 0 saturated carbocycles. The van der Waals surface area contributed by atoms with E-state index in [0.29, 0.717) is 18.8 Å². The molecule has 7 heteroatoms. The highest BCUT2D eigenvalue weighted by atomic mass is 16.5. The molecule has 0 saturated heterocycles. The molecular weight excluding hydrogens is 248 g/mol. The number of ether oxygens (including phenoxy) is 1. The zero-order valence-corrected chi connectivity index (χ0v) is 11.0. The number of nitrogens with two attached hydrogens (primary N) is 1. The zero-order valence-electron chi connectivity index (χ0n) is 11.0. The van der Waals surface area contributed by atoms with Crippen LogP contribution in [0, 0.1) is 0 Å². The van der Waals surface area contributed by atoms with Crippen molar-refractivity contribution >= 4 is 23.4 Å². The van der Waals surface area contributed by atoms with Crippen LogP contribution in [-0.2, 0) is 9.53 Å². The summed E-state index contributed by atoms with van der Waals surface area (Å²) in [6.07, 6.45) is 1.76. The van der Waals surface area contributed by atoms with E-state index in [2.05, 4.69) is 15.6 Å². The third-order valence-electron chi connectivity index (χ3n) is 2.41. The predicted molar refractivity (Wildman–Crippen MR) is 71.8 cm³/mol. The minimum atomic E-state index is -0.489.